The molecule has 0 radical (unpaired) electrons. The number of H-pyrrole nitrogens is 1. The van der Waals surface area contributed by atoms with E-state index in [1.165, 1.54) is 12.8 Å². The summed E-state index contributed by atoms with van der Waals surface area (Å²) in [4.78, 5) is 6.75. The Labute approximate surface area is 142 Å². The van der Waals surface area contributed by atoms with Gasteiger partial charge in [0.1, 0.15) is 10.7 Å². The van der Waals surface area contributed by atoms with Crippen LogP contribution in [0.3, 0.4) is 0 Å². The summed E-state index contributed by atoms with van der Waals surface area (Å²) in [6.45, 7) is 7.62. The molecular formula is C16H23N5O2S. The van der Waals surface area contributed by atoms with Gasteiger partial charge in [-0.05, 0) is 44.7 Å². The van der Waals surface area contributed by atoms with Gasteiger partial charge in [0.25, 0.3) is 10.0 Å². The molecule has 130 valence electrons. The Morgan fingerprint density at radius 2 is 2.12 bits per heavy atom. The number of pyridine rings is 1. The van der Waals surface area contributed by atoms with Gasteiger partial charge in [0.2, 0.25) is 0 Å². The maximum Gasteiger partial charge on any atom is 0.266 e. The van der Waals surface area contributed by atoms with Crippen molar-refractivity contribution in [2.45, 2.75) is 38.5 Å². The first-order valence-electron chi connectivity index (χ1n) is 8.12. The van der Waals surface area contributed by atoms with E-state index in [2.05, 4.69) is 31.7 Å². The van der Waals surface area contributed by atoms with Crippen molar-refractivity contribution in [3.8, 4) is 0 Å². The lowest BCUT2D eigenvalue weighted by Crippen LogP contribution is -2.34. The van der Waals surface area contributed by atoms with Crippen LogP contribution in [0, 0.1) is 19.8 Å². The largest absolute Gasteiger partial charge is 0.370 e. The maximum absolute atomic E-state index is 12.5. The van der Waals surface area contributed by atoms with Crippen molar-refractivity contribution in [2.24, 2.45) is 5.92 Å². The zero-order valence-electron chi connectivity index (χ0n) is 14.2. The highest BCUT2D eigenvalue weighted by atomic mass is 32.2. The van der Waals surface area contributed by atoms with Gasteiger partial charge in [0.05, 0.1) is 23.3 Å². The number of aromatic nitrogens is 3. The highest BCUT2D eigenvalue weighted by molar-refractivity contribution is 7.92. The van der Waals surface area contributed by atoms with Crippen LogP contribution >= 0.6 is 0 Å². The molecule has 0 bridgehead atoms. The molecule has 0 spiro atoms. The van der Waals surface area contributed by atoms with Crippen LogP contribution in [0.15, 0.2) is 23.2 Å². The molecule has 3 heterocycles. The number of piperidine rings is 1. The van der Waals surface area contributed by atoms with Crippen LogP contribution in [-0.2, 0) is 10.0 Å². The summed E-state index contributed by atoms with van der Waals surface area (Å²) in [5, 5.41) is 6.62. The second kappa shape index (κ2) is 6.43. The molecule has 1 atom stereocenters. The van der Waals surface area contributed by atoms with Crippen molar-refractivity contribution in [3.05, 3.63) is 29.7 Å². The third-order valence-corrected chi connectivity index (χ3v) is 5.96. The fourth-order valence-electron chi connectivity index (χ4n) is 3.18. The Hall–Kier alpha value is -2.09. The first-order chi connectivity index (χ1) is 11.4. The second-order valence-corrected chi connectivity index (χ2v) is 8.08. The molecule has 1 unspecified atom stereocenters. The standard InChI is InChI=1S/C16H23N5O2S/c1-11-5-4-8-21(10-11)14-6-7-15(17-9-14)20-24(22,23)16-12(2)18-19-13(16)3/h6-7,9,11H,4-5,8,10H2,1-3H3,(H,17,20)(H,18,19). The molecule has 24 heavy (non-hydrogen) atoms. The van der Waals surface area contributed by atoms with E-state index >= 15 is 0 Å². The number of nitrogens with one attached hydrogen (secondary N) is 2. The Kier molecular flexibility index (Phi) is 4.49. The van der Waals surface area contributed by atoms with E-state index in [1.807, 2.05) is 6.07 Å². The van der Waals surface area contributed by atoms with Gasteiger partial charge in [-0.15, -0.1) is 0 Å². The molecule has 8 heteroatoms. The Morgan fingerprint density at radius 3 is 2.71 bits per heavy atom. The van der Waals surface area contributed by atoms with Gasteiger partial charge in [-0.1, -0.05) is 6.92 Å². The van der Waals surface area contributed by atoms with Crippen molar-refractivity contribution in [3.63, 3.8) is 0 Å². The van der Waals surface area contributed by atoms with Gasteiger partial charge in [0, 0.05) is 13.1 Å². The van der Waals surface area contributed by atoms with Crippen molar-refractivity contribution in [1.82, 2.24) is 15.2 Å². The minimum absolute atomic E-state index is 0.179. The molecule has 0 amide bonds. The molecule has 7 nitrogen and oxygen atoms in total. The van der Waals surface area contributed by atoms with Crippen molar-refractivity contribution < 1.29 is 8.42 Å². The first kappa shape index (κ1) is 16.8. The molecular weight excluding hydrogens is 326 g/mol. The topological polar surface area (TPSA) is 91.0 Å². The van der Waals surface area contributed by atoms with Crippen molar-refractivity contribution in [2.75, 3.05) is 22.7 Å². The lowest BCUT2D eigenvalue weighted by molar-refractivity contribution is 0.446. The first-order valence-corrected chi connectivity index (χ1v) is 9.60. The number of hydrogen-bond acceptors (Lipinski definition) is 5. The van der Waals surface area contributed by atoms with Crippen LogP contribution in [-0.4, -0.2) is 36.7 Å². The average Bonchev–Trinajstić information content (AvgIpc) is 2.87. The van der Waals surface area contributed by atoms with Gasteiger partial charge in [-0.25, -0.2) is 13.4 Å². The molecule has 0 saturated carbocycles. The van der Waals surface area contributed by atoms with Crippen LogP contribution in [0.4, 0.5) is 11.5 Å². The van der Waals surface area contributed by atoms with Crippen LogP contribution in [0.25, 0.3) is 0 Å². The van der Waals surface area contributed by atoms with Crippen LogP contribution in [0.5, 0.6) is 0 Å². The van der Waals surface area contributed by atoms with Gasteiger partial charge >= 0.3 is 0 Å². The Bertz CT molecular complexity index is 794. The van der Waals surface area contributed by atoms with E-state index in [1.54, 1.807) is 26.1 Å². The fourth-order valence-corrected chi connectivity index (χ4v) is 4.56. The molecule has 3 rings (SSSR count). The number of nitrogens with zero attached hydrogens (tertiary/aromatic N) is 3. The molecule has 1 aliphatic rings. The van der Waals surface area contributed by atoms with Crippen molar-refractivity contribution in [1.29, 1.82) is 0 Å². The third kappa shape index (κ3) is 3.38. The highest BCUT2D eigenvalue weighted by Crippen LogP contribution is 2.24. The summed E-state index contributed by atoms with van der Waals surface area (Å²) >= 11 is 0. The van der Waals surface area contributed by atoms with Gasteiger partial charge in [0.15, 0.2) is 0 Å². The Morgan fingerprint density at radius 1 is 1.33 bits per heavy atom. The zero-order valence-corrected chi connectivity index (χ0v) is 15.0. The zero-order chi connectivity index (χ0) is 17.3. The number of hydrogen-bond donors (Lipinski definition) is 2. The maximum atomic E-state index is 12.5. The van der Waals surface area contributed by atoms with Gasteiger partial charge in [-0.3, -0.25) is 9.82 Å². The summed E-state index contributed by atoms with van der Waals surface area (Å²) in [5.41, 5.74) is 1.98. The molecule has 1 aliphatic heterocycles. The molecule has 2 N–H and O–H groups in total. The number of aromatic amines is 1. The molecule has 0 aliphatic carbocycles. The molecule has 1 saturated heterocycles. The predicted molar refractivity (Wildman–Crippen MR) is 93.7 cm³/mol. The molecule has 1 fully saturated rings. The SMILES string of the molecule is Cc1n[nH]c(C)c1S(=O)(=O)Nc1ccc(N2CCCC(C)C2)cn1. The summed E-state index contributed by atoms with van der Waals surface area (Å²) in [6, 6.07) is 3.62. The summed E-state index contributed by atoms with van der Waals surface area (Å²) in [6.07, 6.45) is 4.16. The summed E-state index contributed by atoms with van der Waals surface area (Å²) in [7, 11) is -3.70. The van der Waals surface area contributed by atoms with Crippen molar-refractivity contribution >= 4 is 21.5 Å². The fraction of sp³-hybridized carbons (Fsp3) is 0.500. The average molecular weight is 349 g/mol. The van der Waals surface area contributed by atoms with Crippen LogP contribution in [0.2, 0.25) is 0 Å². The predicted octanol–water partition coefficient (Wildman–Crippen LogP) is 2.46. The number of sulfonamides is 1. The van der Waals surface area contributed by atoms with E-state index in [-0.39, 0.29) is 4.90 Å². The number of anilines is 2. The summed E-state index contributed by atoms with van der Waals surface area (Å²) in [5.74, 6) is 0.979. The third-order valence-electron chi connectivity index (χ3n) is 4.34. The van der Waals surface area contributed by atoms with Crippen LogP contribution < -0.4 is 9.62 Å². The molecule has 2 aromatic rings. The lowest BCUT2D eigenvalue weighted by atomic mass is 10.00. The number of rotatable bonds is 4. The normalized spacial score (nSPS) is 18.6. The summed E-state index contributed by atoms with van der Waals surface area (Å²) < 4.78 is 27.5. The van der Waals surface area contributed by atoms with E-state index in [4.69, 9.17) is 0 Å². The molecule has 2 aromatic heterocycles. The molecule has 0 aromatic carbocycles. The monoisotopic (exact) mass is 349 g/mol. The van der Waals surface area contributed by atoms with E-state index in [0.717, 1.165) is 18.8 Å². The lowest BCUT2D eigenvalue weighted by Gasteiger charge is -2.32. The second-order valence-electron chi connectivity index (χ2n) is 6.46. The quantitative estimate of drug-likeness (QED) is 0.885. The van der Waals surface area contributed by atoms with Crippen LogP contribution in [0.1, 0.15) is 31.2 Å². The minimum atomic E-state index is -3.70. The van der Waals surface area contributed by atoms with Gasteiger partial charge in [-0.2, -0.15) is 5.10 Å². The van der Waals surface area contributed by atoms with E-state index < -0.39 is 10.0 Å². The smallest absolute Gasteiger partial charge is 0.266 e. The highest BCUT2D eigenvalue weighted by Gasteiger charge is 2.23. The van der Waals surface area contributed by atoms with E-state index in [0.29, 0.717) is 23.1 Å². The van der Waals surface area contributed by atoms with Gasteiger partial charge < -0.3 is 4.90 Å². The Balaban J connectivity index is 1.77. The minimum Gasteiger partial charge on any atom is -0.370 e. The number of aryl methyl sites for hydroxylation is 2. The van der Waals surface area contributed by atoms with E-state index in [9.17, 15) is 8.42 Å².